The first-order valence-corrected chi connectivity index (χ1v) is 5.63. The van der Waals surface area contributed by atoms with Gasteiger partial charge in [-0.05, 0) is 25.0 Å². The van der Waals surface area contributed by atoms with Gasteiger partial charge in [-0.25, -0.2) is 10.4 Å². The highest BCUT2D eigenvalue weighted by Crippen LogP contribution is 2.23. The van der Waals surface area contributed by atoms with E-state index in [4.69, 9.17) is 5.84 Å². The predicted octanol–water partition coefficient (Wildman–Crippen LogP) is 1.59. The third-order valence-corrected chi connectivity index (χ3v) is 2.93. The molecule has 1 heterocycles. The van der Waals surface area contributed by atoms with E-state index in [-0.39, 0.29) is 6.04 Å². The topological polar surface area (TPSA) is 55.9 Å². The van der Waals surface area contributed by atoms with Gasteiger partial charge in [-0.2, -0.15) is 0 Å². The van der Waals surface area contributed by atoms with Crippen LogP contribution in [0.3, 0.4) is 0 Å². The van der Waals surface area contributed by atoms with Gasteiger partial charge in [0.2, 0.25) is 0 Å². The van der Waals surface area contributed by atoms with E-state index in [1.165, 1.54) is 16.7 Å². The molecule has 1 aromatic carbocycles. The normalized spacial score (nSPS) is 12.7. The standard InChI is InChI=1S/C13H18N4/c1-9-4-5-10(2)11(6-9)13(16-14)12-7-17(3)8-15-12/h4-8,13,16H,14H2,1-3H3. The fraction of sp³-hybridized carbons (Fsp3) is 0.308. The number of benzene rings is 1. The molecule has 17 heavy (non-hydrogen) atoms. The first kappa shape index (κ1) is 11.8. The van der Waals surface area contributed by atoms with Crippen molar-refractivity contribution in [3.63, 3.8) is 0 Å². The second-order valence-corrected chi connectivity index (χ2v) is 4.42. The Labute approximate surface area is 101 Å². The van der Waals surface area contributed by atoms with Crippen LogP contribution in [0.2, 0.25) is 0 Å². The van der Waals surface area contributed by atoms with Crippen molar-refractivity contribution in [3.05, 3.63) is 53.1 Å². The van der Waals surface area contributed by atoms with E-state index >= 15 is 0 Å². The van der Waals surface area contributed by atoms with Crippen LogP contribution in [0.1, 0.15) is 28.4 Å². The number of nitrogens with one attached hydrogen (secondary N) is 1. The molecule has 0 amide bonds. The Bertz CT molecular complexity index is 516. The van der Waals surface area contributed by atoms with Crippen LogP contribution in [0.4, 0.5) is 0 Å². The molecule has 2 aromatic rings. The molecule has 1 unspecified atom stereocenters. The molecule has 1 aromatic heterocycles. The van der Waals surface area contributed by atoms with Gasteiger partial charge in [0.15, 0.2) is 0 Å². The Hall–Kier alpha value is -1.65. The fourth-order valence-electron chi connectivity index (χ4n) is 1.99. The van der Waals surface area contributed by atoms with Crippen LogP contribution in [0.25, 0.3) is 0 Å². The molecule has 4 heteroatoms. The molecule has 0 saturated carbocycles. The van der Waals surface area contributed by atoms with E-state index in [9.17, 15) is 0 Å². The van der Waals surface area contributed by atoms with Crippen molar-refractivity contribution >= 4 is 0 Å². The Morgan fingerprint density at radius 3 is 2.71 bits per heavy atom. The summed E-state index contributed by atoms with van der Waals surface area (Å²) < 4.78 is 1.92. The number of aryl methyl sites for hydroxylation is 3. The van der Waals surface area contributed by atoms with Crippen LogP contribution in [0.5, 0.6) is 0 Å². The second-order valence-electron chi connectivity index (χ2n) is 4.42. The van der Waals surface area contributed by atoms with Crippen LogP contribution < -0.4 is 11.3 Å². The van der Waals surface area contributed by atoms with E-state index in [0.717, 1.165) is 5.69 Å². The minimum atomic E-state index is -0.0592. The first-order valence-electron chi connectivity index (χ1n) is 5.63. The molecule has 2 rings (SSSR count). The largest absolute Gasteiger partial charge is 0.340 e. The molecular weight excluding hydrogens is 212 g/mol. The summed E-state index contributed by atoms with van der Waals surface area (Å²) in [4.78, 5) is 4.35. The maximum atomic E-state index is 5.67. The van der Waals surface area contributed by atoms with Gasteiger partial charge in [0.05, 0.1) is 18.1 Å². The molecule has 0 bridgehead atoms. The van der Waals surface area contributed by atoms with Gasteiger partial charge in [0.25, 0.3) is 0 Å². The molecule has 0 fully saturated rings. The summed E-state index contributed by atoms with van der Waals surface area (Å²) in [5.74, 6) is 5.67. The lowest BCUT2D eigenvalue weighted by atomic mass is 9.97. The smallest absolute Gasteiger partial charge is 0.0947 e. The van der Waals surface area contributed by atoms with Crippen molar-refractivity contribution in [1.82, 2.24) is 15.0 Å². The third kappa shape index (κ3) is 2.38. The molecule has 0 aliphatic carbocycles. The number of hydrogen-bond donors (Lipinski definition) is 2. The van der Waals surface area contributed by atoms with E-state index in [1.807, 2.05) is 17.8 Å². The van der Waals surface area contributed by atoms with E-state index in [1.54, 1.807) is 6.33 Å². The number of nitrogens with zero attached hydrogens (tertiary/aromatic N) is 2. The van der Waals surface area contributed by atoms with Crippen molar-refractivity contribution < 1.29 is 0 Å². The van der Waals surface area contributed by atoms with E-state index in [2.05, 4.69) is 42.5 Å². The van der Waals surface area contributed by atoms with E-state index < -0.39 is 0 Å². The van der Waals surface area contributed by atoms with Crippen molar-refractivity contribution in [2.75, 3.05) is 0 Å². The number of rotatable bonds is 3. The summed E-state index contributed by atoms with van der Waals surface area (Å²) >= 11 is 0. The maximum Gasteiger partial charge on any atom is 0.0947 e. The Kier molecular flexibility index (Phi) is 3.26. The maximum absolute atomic E-state index is 5.67. The molecule has 4 nitrogen and oxygen atoms in total. The molecular formula is C13H18N4. The molecule has 0 saturated heterocycles. The molecule has 0 aliphatic rings. The van der Waals surface area contributed by atoms with Gasteiger partial charge in [-0.15, -0.1) is 0 Å². The second kappa shape index (κ2) is 4.69. The van der Waals surface area contributed by atoms with Crippen LogP contribution in [-0.4, -0.2) is 9.55 Å². The number of hydrazine groups is 1. The van der Waals surface area contributed by atoms with Crippen molar-refractivity contribution in [3.8, 4) is 0 Å². The van der Waals surface area contributed by atoms with Crippen molar-refractivity contribution in [2.45, 2.75) is 19.9 Å². The Balaban J connectivity index is 2.45. The zero-order valence-corrected chi connectivity index (χ0v) is 10.4. The molecule has 90 valence electrons. The summed E-state index contributed by atoms with van der Waals surface area (Å²) in [5.41, 5.74) is 7.38. The van der Waals surface area contributed by atoms with Crippen molar-refractivity contribution in [2.24, 2.45) is 12.9 Å². The van der Waals surface area contributed by atoms with Gasteiger partial charge in [-0.3, -0.25) is 5.84 Å². The molecule has 0 radical (unpaired) electrons. The lowest BCUT2D eigenvalue weighted by Crippen LogP contribution is -2.29. The molecule has 0 spiro atoms. The number of aromatic nitrogens is 2. The van der Waals surface area contributed by atoms with Gasteiger partial charge in [0.1, 0.15) is 0 Å². The highest BCUT2D eigenvalue weighted by Gasteiger charge is 2.16. The number of imidazole rings is 1. The van der Waals surface area contributed by atoms with Gasteiger partial charge < -0.3 is 4.57 Å². The number of hydrogen-bond acceptors (Lipinski definition) is 3. The minimum absolute atomic E-state index is 0.0592. The van der Waals surface area contributed by atoms with E-state index in [0.29, 0.717) is 0 Å². The average molecular weight is 230 g/mol. The minimum Gasteiger partial charge on any atom is -0.340 e. The summed E-state index contributed by atoms with van der Waals surface area (Å²) in [6.07, 6.45) is 3.76. The van der Waals surface area contributed by atoms with Crippen LogP contribution >= 0.6 is 0 Å². The van der Waals surface area contributed by atoms with Gasteiger partial charge in [0, 0.05) is 13.2 Å². The molecule has 3 N–H and O–H groups in total. The Morgan fingerprint density at radius 2 is 2.12 bits per heavy atom. The summed E-state index contributed by atoms with van der Waals surface area (Å²) in [6.45, 7) is 4.16. The molecule has 1 atom stereocenters. The van der Waals surface area contributed by atoms with Gasteiger partial charge in [-0.1, -0.05) is 23.8 Å². The van der Waals surface area contributed by atoms with Crippen LogP contribution in [0.15, 0.2) is 30.7 Å². The number of nitrogens with two attached hydrogens (primary N) is 1. The SMILES string of the molecule is Cc1ccc(C)c(C(NN)c2cn(C)cn2)c1. The highest BCUT2D eigenvalue weighted by atomic mass is 15.2. The third-order valence-electron chi connectivity index (χ3n) is 2.93. The van der Waals surface area contributed by atoms with Crippen LogP contribution in [0, 0.1) is 13.8 Å². The fourth-order valence-corrected chi connectivity index (χ4v) is 1.99. The lowest BCUT2D eigenvalue weighted by Gasteiger charge is -2.17. The highest BCUT2D eigenvalue weighted by molar-refractivity contribution is 5.36. The lowest BCUT2D eigenvalue weighted by molar-refractivity contribution is 0.619. The summed E-state index contributed by atoms with van der Waals surface area (Å²) in [7, 11) is 1.95. The quantitative estimate of drug-likeness (QED) is 0.622. The average Bonchev–Trinajstić information content (AvgIpc) is 2.71. The Morgan fingerprint density at radius 1 is 1.35 bits per heavy atom. The molecule has 0 aliphatic heterocycles. The van der Waals surface area contributed by atoms with Gasteiger partial charge >= 0.3 is 0 Å². The monoisotopic (exact) mass is 230 g/mol. The summed E-state index contributed by atoms with van der Waals surface area (Å²) in [6, 6.07) is 6.30. The van der Waals surface area contributed by atoms with Crippen LogP contribution in [-0.2, 0) is 7.05 Å². The first-order chi connectivity index (χ1) is 8.11. The zero-order chi connectivity index (χ0) is 12.4. The zero-order valence-electron chi connectivity index (χ0n) is 10.4. The summed E-state index contributed by atoms with van der Waals surface area (Å²) in [5, 5.41) is 0. The van der Waals surface area contributed by atoms with Crippen molar-refractivity contribution in [1.29, 1.82) is 0 Å². The predicted molar refractivity (Wildman–Crippen MR) is 68.3 cm³/mol.